The molecule has 2 aromatic carbocycles. The molecule has 2 rings (SSSR count). The van der Waals surface area contributed by atoms with Crippen molar-refractivity contribution in [1.29, 1.82) is 0 Å². The van der Waals surface area contributed by atoms with E-state index in [0.717, 1.165) is 41.8 Å². The van der Waals surface area contributed by atoms with E-state index >= 15 is 0 Å². The van der Waals surface area contributed by atoms with Crippen LogP contribution in [0.4, 0.5) is 11.4 Å². The first-order chi connectivity index (χ1) is 13.5. The van der Waals surface area contributed by atoms with Crippen LogP contribution in [0.1, 0.15) is 44.4 Å². The minimum absolute atomic E-state index is 0.0688. The minimum Gasteiger partial charge on any atom is -0.325 e. The molecule has 150 valence electrons. The first-order valence-electron chi connectivity index (χ1n) is 9.90. The Morgan fingerprint density at radius 2 is 1.50 bits per heavy atom. The topological polar surface area (TPSA) is 58.2 Å². The van der Waals surface area contributed by atoms with E-state index in [1.165, 1.54) is 17.3 Å². The molecule has 0 saturated carbocycles. The fourth-order valence-corrected chi connectivity index (χ4v) is 3.61. The van der Waals surface area contributed by atoms with E-state index in [1.807, 2.05) is 49.4 Å². The summed E-state index contributed by atoms with van der Waals surface area (Å²) < 4.78 is 0. The number of nitrogens with one attached hydrogen (secondary N) is 2. The lowest BCUT2D eigenvalue weighted by molar-refractivity contribution is -0.115. The molecular weight excluding hydrogens is 368 g/mol. The molecule has 4 nitrogen and oxygen atoms in total. The van der Waals surface area contributed by atoms with Gasteiger partial charge in [0.05, 0.1) is 11.0 Å². The van der Waals surface area contributed by atoms with Gasteiger partial charge in [0.25, 0.3) is 0 Å². The number of hydrogen-bond acceptors (Lipinski definition) is 3. The highest BCUT2D eigenvalue weighted by Gasteiger charge is 2.18. The summed E-state index contributed by atoms with van der Waals surface area (Å²) in [6, 6.07) is 14.0. The molecule has 2 aromatic rings. The fourth-order valence-electron chi connectivity index (χ4n) is 2.93. The second-order valence-electron chi connectivity index (χ2n) is 6.70. The fraction of sp³-hybridized carbons (Fsp3) is 0.391. The first kappa shape index (κ1) is 22.0. The highest BCUT2D eigenvalue weighted by Crippen LogP contribution is 2.24. The van der Waals surface area contributed by atoms with Crippen molar-refractivity contribution in [3.05, 3.63) is 59.2 Å². The molecule has 0 heterocycles. The van der Waals surface area contributed by atoms with Gasteiger partial charge < -0.3 is 10.6 Å². The number of aryl methyl sites for hydroxylation is 3. The number of amides is 2. The molecule has 28 heavy (non-hydrogen) atoms. The zero-order valence-electron chi connectivity index (χ0n) is 17.2. The number of benzene rings is 2. The second kappa shape index (κ2) is 10.9. The summed E-state index contributed by atoms with van der Waals surface area (Å²) in [5.41, 5.74) is 5.21. The molecule has 1 atom stereocenters. The number of hydrogen-bond donors (Lipinski definition) is 2. The van der Waals surface area contributed by atoms with Gasteiger partial charge in [-0.2, -0.15) is 0 Å². The molecule has 0 aromatic heterocycles. The van der Waals surface area contributed by atoms with E-state index in [9.17, 15) is 9.59 Å². The SMILES string of the molecule is CCc1ccc(NC(=O)CS[C@@H](C)C(=O)Nc2c(CC)cccc2CC)cc1. The van der Waals surface area contributed by atoms with E-state index < -0.39 is 0 Å². The van der Waals surface area contributed by atoms with Crippen molar-refractivity contribution in [3.63, 3.8) is 0 Å². The van der Waals surface area contributed by atoms with E-state index in [4.69, 9.17) is 0 Å². The Labute approximate surface area is 172 Å². The molecule has 2 amide bonds. The van der Waals surface area contributed by atoms with Crippen molar-refractivity contribution in [2.75, 3.05) is 16.4 Å². The van der Waals surface area contributed by atoms with Gasteiger partial charge in [-0.05, 0) is 55.0 Å². The molecule has 0 spiro atoms. The first-order valence-corrected chi connectivity index (χ1v) is 10.9. The van der Waals surface area contributed by atoms with E-state index in [0.29, 0.717) is 0 Å². The molecule has 0 bridgehead atoms. The third-order valence-corrected chi connectivity index (χ3v) is 5.87. The monoisotopic (exact) mass is 398 g/mol. The maximum absolute atomic E-state index is 12.6. The Bertz CT molecular complexity index is 780. The van der Waals surface area contributed by atoms with Crippen LogP contribution in [0.25, 0.3) is 0 Å². The van der Waals surface area contributed by atoms with Crippen LogP contribution in [-0.2, 0) is 28.9 Å². The van der Waals surface area contributed by atoms with Crippen LogP contribution in [0.15, 0.2) is 42.5 Å². The Kier molecular flexibility index (Phi) is 8.58. The van der Waals surface area contributed by atoms with Crippen LogP contribution in [0.2, 0.25) is 0 Å². The van der Waals surface area contributed by atoms with E-state index in [1.54, 1.807) is 0 Å². The lowest BCUT2D eigenvalue weighted by Crippen LogP contribution is -2.26. The predicted molar refractivity (Wildman–Crippen MR) is 120 cm³/mol. The quantitative estimate of drug-likeness (QED) is 0.620. The normalized spacial score (nSPS) is 11.7. The van der Waals surface area contributed by atoms with Gasteiger partial charge in [0.1, 0.15) is 0 Å². The predicted octanol–water partition coefficient (Wildman–Crippen LogP) is 5.07. The van der Waals surface area contributed by atoms with Crippen molar-refractivity contribution >= 4 is 35.0 Å². The molecule has 2 N–H and O–H groups in total. The molecule has 0 saturated heterocycles. The number of rotatable bonds is 9. The molecular formula is C23H30N2O2S. The van der Waals surface area contributed by atoms with Crippen LogP contribution < -0.4 is 10.6 Å². The summed E-state index contributed by atoms with van der Waals surface area (Å²) in [6.07, 6.45) is 2.70. The lowest BCUT2D eigenvalue weighted by Gasteiger charge is -2.17. The Morgan fingerprint density at radius 3 is 2.04 bits per heavy atom. The van der Waals surface area contributed by atoms with Gasteiger partial charge >= 0.3 is 0 Å². The molecule has 0 radical (unpaired) electrons. The third-order valence-electron chi connectivity index (χ3n) is 4.73. The summed E-state index contributed by atoms with van der Waals surface area (Å²) in [4.78, 5) is 24.8. The Hall–Kier alpha value is -2.27. The largest absolute Gasteiger partial charge is 0.325 e. The zero-order valence-corrected chi connectivity index (χ0v) is 18.0. The van der Waals surface area contributed by atoms with Crippen LogP contribution in [0.5, 0.6) is 0 Å². The zero-order chi connectivity index (χ0) is 20.5. The smallest absolute Gasteiger partial charge is 0.237 e. The Balaban J connectivity index is 1.89. The number of carbonyl (C=O) groups is 2. The summed E-state index contributed by atoms with van der Waals surface area (Å²) >= 11 is 1.34. The molecule has 0 aliphatic heterocycles. The van der Waals surface area contributed by atoms with Crippen LogP contribution >= 0.6 is 11.8 Å². The summed E-state index contributed by atoms with van der Waals surface area (Å²) in [6.45, 7) is 8.10. The minimum atomic E-state index is -0.317. The van der Waals surface area contributed by atoms with Gasteiger partial charge in [-0.1, -0.05) is 51.1 Å². The van der Waals surface area contributed by atoms with Gasteiger partial charge in [-0.25, -0.2) is 0 Å². The van der Waals surface area contributed by atoms with Gasteiger partial charge in [-0.3, -0.25) is 9.59 Å². The van der Waals surface area contributed by atoms with Crippen molar-refractivity contribution in [3.8, 4) is 0 Å². The molecule has 0 aliphatic carbocycles. The van der Waals surface area contributed by atoms with Crippen molar-refractivity contribution in [2.24, 2.45) is 0 Å². The maximum atomic E-state index is 12.6. The van der Waals surface area contributed by atoms with E-state index in [2.05, 4.69) is 31.4 Å². The lowest BCUT2D eigenvalue weighted by atomic mass is 10.0. The second-order valence-corrected chi connectivity index (χ2v) is 8.03. The van der Waals surface area contributed by atoms with Gasteiger partial charge in [-0.15, -0.1) is 11.8 Å². The van der Waals surface area contributed by atoms with Gasteiger partial charge in [0.15, 0.2) is 0 Å². The number of thioether (sulfide) groups is 1. The number of anilines is 2. The number of para-hydroxylation sites is 1. The average Bonchev–Trinajstić information content (AvgIpc) is 2.72. The summed E-state index contributed by atoms with van der Waals surface area (Å²) in [5.74, 6) is 0.0676. The average molecular weight is 399 g/mol. The van der Waals surface area contributed by atoms with Gasteiger partial charge in [0, 0.05) is 11.4 Å². The molecule has 0 unspecified atom stereocenters. The van der Waals surface area contributed by atoms with Crippen LogP contribution in [-0.4, -0.2) is 22.8 Å². The van der Waals surface area contributed by atoms with Crippen LogP contribution in [0.3, 0.4) is 0 Å². The summed E-state index contributed by atoms with van der Waals surface area (Å²) in [7, 11) is 0. The molecule has 5 heteroatoms. The van der Waals surface area contributed by atoms with Gasteiger partial charge in [0.2, 0.25) is 11.8 Å². The van der Waals surface area contributed by atoms with Crippen molar-refractivity contribution in [1.82, 2.24) is 0 Å². The highest BCUT2D eigenvalue weighted by atomic mass is 32.2. The van der Waals surface area contributed by atoms with Crippen molar-refractivity contribution in [2.45, 2.75) is 52.2 Å². The van der Waals surface area contributed by atoms with Crippen molar-refractivity contribution < 1.29 is 9.59 Å². The number of carbonyl (C=O) groups excluding carboxylic acids is 2. The summed E-state index contributed by atoms with van der Waals surface area (Å²) in [5, 5.41) is 5.64. The molecule has 0 aliphatic rings. The van der Waals surface area contributed by atoms with Crippen LogP contribution in [0, 0.1) is 0 Å². The Morgan fingerprint density at radius 1 is 0.893 bits per heavy atom. The highest BCUT2D eigenvalue weighted by molar-refractivity contribution is 8.01. The maximum Gasteiger partial charge on any atom is 0.237 e. The third kappa shape index (κ3) is 6.13. The van der Waals surface area contributed by atoms with E-state index in [-0.39, 0.29) is 22.8 Å². The molecule has 0 fully saturated rings. The standard InChI is InChI=1S/C23H30N2O2S/c1-5-17-11-13-20(14-12-17)24-21(26)15-28-16(4)23(27)25-22-18(6-2)9-8-10-19(22)7-3/h8-14,16H,5-7,15H2,1-4H3,(H,24,26)(H,25,27)/t16-/m0/s1.